The van der Waals surface area contributed by atoms with E-state index in [2.05, 4.69) is 20.7 Å². The summed E-state index contributed by atoms with van der Waals surface area (Å²) in [6.07, 6.45) is 5.44. The second kappa shape index (κ2) is 16.0. The van der Waals surface area contributed by atoms with E-state index in [1.165, 1.54) is 13.5 Å². The molecule has 3 rings (SSSR count). The monoisotopic (exact) mass is 538 g/mol. The molecule has 2 aliphatic rings. The molecule has 2 saturated heterocycles. The number of hydrogen-bond acceptors (Lipinski definition) is 6. The van der Waals surface area contributed by atoms with Gasteiger partial charge in [-0.1, -0.05) is 30.2 Å². The number of nitrogens with one attached hydrogen (secondary N) is 3. The Morgan fingerprint density at radius 1 is 1.24 bits per heavy atom. The molecule has 37 heavy (non-hydrogen) atoms. The highest BCUT2D eigenvalue weighted by Crippen LogP contribution is 2.34. The summed E-state index contributed by atoms with van der Waals surface area (Å²) < 4.78 is 16.7. The summed E-state index contributed by atoms with van der Waals surface area (Å²) in [5.41, 5.74) is 0.972. The molecule has 10 heteroatoms. The largest absolute Gasteiger partial charge is 0.453 e. The Morgan fingerprint density at radius 2 is 2.11 bits per heavy atom. The van der Waals surface area contributed by atoms with Crippen LogP contribution in [0.15, 0.2) is 24.3 Å². The van der Waals surface area contributed by atoms with Crippen molar-refractivity contribution in [1.82, 2.24) is 20.9 Å². The van der Waals surface area contributed by atoms with E-state index in [4.69, 9.17) is 21.1 Å². The molecule has 3 N–H and O–H groups in total. The third-order valence-electron chi connectivity index (χ3n) is 7.11. The summed E-state index contributed by atoms with van der Waals surface area (Å²) in [4.78, 5) is 26.7. The van der Waals surface area contributed by atoms with Crippen molar-refractivity contribution in [3.05, 3.63) is 34.9 Å². The molecule has 1 aromatic rings. The van der Waals surface area contributed by atoms with Crippen LogP contribution >= 0.6 is 11.6 Å². The van der Waals surface area contributed by atoms with Crippen LogP contribution < -0.4 is 16.0 Å². The number of amides is 3. The van der Waals surface area contributed by atoms with Crippen molar-refractivity contribution in [2.75, 3.05) is 60.2 Å². The zero-order valence-electron chi connectivity index (χ0n) is 22.2. The first-order valence-corrected chi connectivity index (χ1v) is 13.8. The van der Waals surface area contributed by atoms with Crippen LogP contribution in [-0.2, 0) is 14.2 Å². The molecule has 2 aliphatic heterocycles. The minimum absolute atomic E-state index is 0.0308. The number of hydrogen-bond donors (Lipinski definition) is 3. The van der Waals surface area contributed by atoms with Crippen LogP contribution in [0.1, 0.15) is 50.2 Å². The number of likely N-dealkylation sites (N-methyl/N-ethyl adjacent to an activating group) is 1. The van der Waals surface area contributed by atoms with E-state index in [1.54, 1.807) is 0 Å². The van der Waals surface area contributed by atoms with Crippen molar-refractivity contribution >= 4 is 23.7 Å². The van der Waals surface area contributed by atoms with Gasteiger partial charge in [0.2, 0.25) is 0 Å². The molecule has 0 aliphatic carbocycles. The normalized spacial score (nSPS) is 22.0. The Hall–Kier alpha value is -2.07. The fraction of sp³-hybridized carbons (Fsp3) is 0.704. The number of alkyl carbamates (subject to hydrolysis) is 1. The molecular weight excluding hydrogens is 496 g/mol. The third kappa shape index (κ3) is 9.96. The van der Waals surface area contributed by atoms with Crippen LogP contribution in [0.4, 0.5) is 9.59 Å². The Balaban J connectivity index is 1.62. The molecule has 9 nitrogen and oxygen atoms in total. The van der Waals surface area contributed by atoms with Gasteiger partial charge in [0.15, 0.2) is 0 Å². The van der Waals surface area contributed by atoms with Gasteiger partial charge < -0.3 is 35.1 Å². The number of piperidine rings is 1. The van der Waals surface area contributed by atoms with Crippen LogP contribution in [0, 0.1) is 11.8 Å². The van der Waals surface area contributed by atoms with Gasteiger partial charge in [0.25, 0.3) is 0 Å². The predicted octanol–water partition coefficient (Wildman–Crippen LogP) is 3.97. The number of likely N-dealkylation sites (tertiary alicyclic amines) is 1. The number of rotatable bonds is 11. The fourth-order valence-corrected chi connectivity index (χ4v) is 5.50. The highest BCUT2D eigenvalue weighted by Gasteiger charge is 2.32. The van der Waals surface area contributed by atoms with E-state index >= 15 is 0 Å². The van der Waals surface area contributed by atoms with Crippen LogP contribution in [0.25, 0.3) is 0 Å². The standard InChI is InChI=1S/C27H43ClN4O5/c1-29-17-24(15-20-7-3-4-13-36-19-20)31-26(33)32-12-6-9-22(18-32)25(21-8-5-10-23(28)16-21)37-14-11-30-27(34)35-2/h5,8,10,16,20,22,24-25,29H,3-4,6-7,9,11-15,17-19H2,1-2H3,(H,30,34)(H,31,33)/t20-,22-,24+,25?/m1/s1. The van der Waals surface area contributed by atoms with Crippen molar-refractivity contribution in [2.24, 2.45) is 11.8 Å². The van der Waals surface area contributed by atoms with Gasteiger partial charge in [0, 0.05) is 56.4 Å². The minimum atomic E-state index is -0.491. The van der Waals surface area contributed by atoms with E-state index < -0.39 is 6.09 Å². The third-order valence-corrected chi connectivity index (χ3v) is 7.34. The Labute approximate surface area is 225 Å². The summed E-state index contributed by atoms with van der Waals surface area (Å²) in [6, 6.07) is 7.68. The Kier molecular flexibility index (Phi) is 12.8. The van der Waals surface area contributed by atoms with Crippen molar-refractivity contribution in [1.29, 1.82) is 0 Å². The first kappa shape index (κ1) is 29.5. The molecule has 3 amide bonds. The van der Waals surface area contributed by atoms with Crippen molar-refractivity contribution in [3.63, 3.8) is 0 Å². The number of halogens is 1. The quantitative estimate of drug-likeness (QED) is 0.369. The van der Waals surface area contributed by atoms with Crippen molar-refractivity contribution in [2.45, 2.75) is 50.7 Å². The molecule has 2 fully saturated rings. The van der Waals surface area contributed by atoms with Gasteiger partial charge in [-0.25, -0.2) is 9.59 Å². The predicted molar refractivity (Wildman–Crippen MR) is 144 cm³/mol. The smallest absolute Gasteiger partial charge is 0.406 e. The Morgan fingerprint density at radius 3 is 2.89 bits per heavy atom. The number of ether oxygens (including phenoxy) is 3. The zero-order chi connectivity index (χ0) is 26.5. The molecule has 0 radical (unpaired) electrons. The summed E-state index contributed by atoms with van der Waals surface area (Å²) in [6.45, 7) is 4.29. The summed E-state index contributed by atoms with van der Waals surface area (Å²) in [5, 5.41) is 9.80. The van der Waals surface area contributed by atoms with Gasteiger partial charge in [-0.05, 0) is 62.8 Å². The maximum Gasteiger partial charge on any atom is 0.406 e. The van der Waals surface area contributed by atoms with Crippen LogP contribution in [0.3, 0.4) is 0 Å². The number of benzene rings is 1. The second-order valence-corrected chi connectivity index (χ2v) is 10.4. The first-order chi connectivity index (χ1) is 18.0. The fourth-order valence-electron chi connectivity index (χ4n) is 5.31. The number of urea groups is 1. The number of carbonyl (C=O) groups excluding carboxylic acids is 2. The summed E-state index contributed by atoms with van der Waals surface area (Å²) >= 11 is 6.29. The highest BCUT2D eigenvalue weighted by atomic mass is 35.5. The molecule has 208 valence electrons. The highest BCUT2D eigenvalue weighted by molar-refractivity contribution is 6.30. The maximum absolute atomic E-state index is 13.4. The van der Waals surface area contributed by atoms with E-state index in [1.807, 2.05) is 36.2 Å². The van der Waals surface area contributed by atoms with Gasteiger partial charge in [0.1, 0.15) is 0 Å². The molecule has 1 unspecified atom stereocenters. The summed E-state index contributed by atoms with van der Waals surface area (Å²) in [7, 11) is 3.25. The first-order valence-electron chi connectivity index (χ1n) is 13.5. The second-order valence-electron chi connectivity index (χ2n) is 9.99. The van der Waals surface area contributed by atoms with E-state index in [9.17, 15) is 9.59 Å². The zero-order valence-corrected chi connectivity index (χ0v) is 22.9. The number of methoxy groups -OCH3 is 1. The molecular formula is C27H43ClN4O5. The lowest BCUT2D eigenvalue weighted by Crippen LogP contribution is -2.52. The molecule has 4 atom stereocenters. The molecule has 0 bridgehead atoms. The lowest BCUT2D eigenvalue weighted by Gasteiger charge is -2.38. The van der Waals surface area contributed by atoms with Crippen LogP contribution in [-0.4, -0.2) is 83.2 Å². The molecule has 1 aromatic carbocycles. The van der Waals surface area contributed by atoms with E-state index in [-0.39, 0.29) is 24.1 Å². The van der Waals surface area contributed by atoms with E-state index in [0.717, 1.165) is 57.4 Å². The van der Waals surface area contributed by atoms with Gasteiger partial charge >= 0.3 is 12.1 Å². The van der Waals surface area contributed by atoms with E-state index in [0.29, 0.717) is 37.2 Å². The van der Waals surface area contributed by atoms with Gasteiger partial charge in [0.05, 0.1) is 19.8 Å². The molecule has 0 saturated carbocycles. The molecule has 2 heterocycles. The van der Waals surface area contributed by atoms with Crippen LogP contribution in [0.5, 0.6) is 0 Å². The van der Waals surface area contributed by atoms with Gasteiger partial charge in [-0.3, -0.25) is 0 Å². The maximum atomic E-state index is 13.4. The molecule has 0 aromatic heterocycles. The lowest BCUT2D eigenvalue weighted by atomic mass is 9.88. The van der Waals surface area contributed by atoms with Gasteiger partial charge in [-0.2, -0.15) is 0 Å². The van der Waals surface area contributed by atoms with Crippen LogP contribution in [0.2, 0.25) is 5.02 Å². The SMILES string of the molecule is CNC[C@H](C[C@H]1CCCCOC1)NC(=O)N1CCC[C@@H](C(OCCNC(=O)OC)c2cccc(Cl)c2)C1. The summed E-state index contributed by atoms with van der Waals surface area (Å²) in [5.74, 6) is 0.573. The van der Waals surface area contributed by atoms with Crippen molar-refractivity contribution < 1.29 is 23.8 Å². The topological polar surface area (TPSA) is 101 Å². The molecule has 0 spiro atoms. The number of nitrogens with zero attached hydrogens (tertiary/aromatic N) is 1. The van der Waals surface area contributed by atoms with Gasteiger partial charge in [-0.15, -0.1) is 0 Å². The number of carbonyl (C=O) groups is 2. The van der Waals surface area contributed by atoms with Crippen molar-refractivity contribution in [3.8, 4) is 0 Å². The average Bonchev–Trinajstić information content (AvgIpc) is 3.17. The Bertz CT molecular complexity index is 837. The average molecular weight is 539 g/mol. The minimum Gasteiger partial charge on any atom is -0.453 e. The lowest BCUT2D eigenvalue weighted by molar-refractivity contribution is -0.00866.